The largest absolute Gasteiger partial charge is 0.384 e. The molecular weight excluding hydrogens is 370 g/mol. The Balaban J connectivity index is 0.00000225. The van der Waals surface area contributed by atoms with Crippen molar-refractivity contribution in [3.63, 3.8) is 0 Å². The summed E-state index contributed by atoms with van der Waals surface area (Å²) in [4.78, 5) is 3.49. The zero-order valence-electron chi connectivity index (χ0n) is 15.0. The van der Waals surface area contributed by atoms with Gasteiger partial charge in [-0.1, -0.05) is 66.7 Å². The quantitative estimate of drug-likeness (QED) is 0.261. The lowest BCUT2D eigenvalue weighted by molar-refractivity contribution is 1.40. The molecule has 3 aromatic carbocycles. The van der Waals surface area contributed by atoms with Crippen molar-refractivity contribution in [1.29, 1.82) is 10.8 Å². The number of nitrogens with two attached hydrogens (primary N) is 2. The van der Waals surface area contributed by atoms with Crippen molar-refractivity contribution in [3.05, 3.63) is 83.9 Å². The average molecular weight is 390 g/mol. The van der Waals surface area contributed by atoms with Crippen molar-refractivity contribution >= 4 is 35.0 Å². The summed E-state index contributed by atoms with van der Waals surface area (Å²) in [5.74, 6) is 0.0905. The van der Waals surface area contributed by atoms with E-state index in [-0.39, 0.29) is 24.1 Å². The van der Waals surface area contributed by atoms with Gasteiger partial charge in [-0.15, -0.1) is 12.4 Å². The molecule has 4 rings (SSSR count). The van der Waals surface area contributed by atoms with Gasteiger partial charge in [0.05, 0.1) is 5.69 Å². The smallest absolute Gasteiger partial charge is 0.122 e. The lowest BCUT2D eigenvalue weighted by Gasteiger charge is -2.07. The molecule has 28 heavy (non-hydrogen) atoms. The van der Waals surface area contributed by atoms with E-state index in [9.17, 15) is 0 Å². The zero-order valence-corrected chi connectivity index (χ0v) is 15.8. The van der Waals surface area contributed by atoms with Crippen LogP contribution >= 0.6 is 12.4 Å². The Hall–Kier alpha value is -3.57. The molecule has 4 aromatic rings. The molecule has 0 radical (unpaired) electrons. The Labute approximate surface area is 168 Å². The summed E-state index contributed by atoms with van der Waals surface area (Å²) in [6, 6.07) is 23.6. The molecule has 0 aliphatic heterocycles. The van der Waals surface area contributed by atoms with E-state index in [4.69, 9.17) is 22.3 Å². The molecule has 0 fully saturated rings. The molecule has 5 nitrogen and oxygen atoms in total. The third-order valence-electron chi connectivity index (χ3n) is 4.66. The van der Waals surface area contributed by atoms with Crippen LogP contribution in [-0.4, -0.2) is 16.7 Å². The molecule has 0 saturated heterocycles. The number of hydrogen-bond donors (Lipinski definition) is 5. The molecule has 7 N–H and O–H groups in total. The molecule has 1 heterocycles. The van der Waals surface area contributed by atoms with E-state index >= 15 is 0 Å². The monoisotopic (exact) mass is 389 g/mol. The standard InChI is InChI=1S/C22H19N5.ClH/c23-21(24)15-8-6-14(7-9-15)20-19(13-4-2-1-3-5-13)17-11-10-16(22(25)26)12-18(17)27-20;/h1-12,27H,(H3,23,24)(H3,25,26);1H. The number of fused-ring (bicyclic) bond motifs is 1. The summed E-state index contributed by atoms with van der Waals surface area (Å²) >= 11 is 0. The summed E-state index contributed by atoms with van der Waals surface area (Å²) in [5, 5.41) is 16.3. The molecule has 0 unspecified atom stereocenters. The van der Waals surface area contributed by atoms with Crippen LogP contribution in [0.3, 0.4) is 0 Å². The summed E-state index contributed by atoms with van der Waals surface area (Å²) in [5.41, 5.74) is 17.7. The molecule has 0 saturated carbocycles. The highest BCUT2D eigenvalue weighted by Gasteiger charge is 2.16. The van der Waals surface area contributed by atoms with Crippen LogP contribution in [0.2, 0.25) is 0 Å². The minimum Gasteiger partial charge on any atom is -0.384 e. The second-order valence-corrected chi connectivity index (χ2v) is 6.41. The van der Waals surface area contributed by atoms with Crippen molar-refractivity contribution in [2.24, 2.45) is 11.5 Å². The van der Waals surface area contributed by atoms with Gasteiger partial charge in [-0.05, 0) is 17.2 Å². The van der Waals surface area contributed by atoms with Crippen molar-refractivity contribution in [2.45, 2.75) is 0 Å². The molecule has 0 atom stereocenters. The number of amidine groups is 2. The first-order chi connectivity index (χ1) is 13.0. The fourth-order valence-corrected chi connectivity index (χ4v) is 3.30. The number of rotatable bonds is 4. The van der Waals surface area contributed by atoms with Crippen LogP contribution in [0.1, 0.15) is 11.1 Å². The van der Waals surface area contributed by atoms with Gasteiger partial charge in [-0.2, -0.15) is 0 Å². The third-order valence-corrected chi connectivity index (χ3v) is 4.66. The Bertz CT molecular complexity index is 1160. The van der Waals surface area contributed by atoms with E-state index in [1.165, 1.54) is 0 Å². The molecular formula is C22H20ClN5. The highest BCUT2D eigenvalue weighted by atomic mass is 35.5. The van der Waals surface area contributed by atoms with E-state index in [0.717, 1.165) is 33.3 Å². The first-order valence-corrected chi connectivity index (χ1v) is 8.55. The normalized spacial score (nSPS) is 10.4. The summed E-state index contributed by atoms with van der Waals surface area (Å²) < 4.78 is 0. The molecule has 0 aliphatic rings. The maximum atomic E-state index is 7.69. The molecule has 6 heteroatoms. The van der Waals surface area contributed by atoms with Gasteiger partial charge in [0.25, 0.3) is 0 Å². The topological polar surface area (TPSA) is 116 Å². The Morgan fingerprint density at radius 1 is 0.714 bits per heavy atom. The van der Waals surface area contributed by atoms with Crippen molar-refractivity contribution in [3.8, 4) is 22.4 Å². The first kappa shape index (κ1) is 19.2. The van der Waals surface area contributed by atoms with E-state index in [1.54, 1.807) is 0 Å². The van der Waals surface area contributed by atoms with Crippen LogP contribution in [-0.2, 0) is 0 Å². The van der Waals surface area contributed by atoms with E-state index in [0.29, 0.717) is 11.1 Å². The molecule has 1 aromatic heterocycles. The van der Waals surface area contributed by atoms with E-state index < -0.39 is 0 Å². The number of nitrogens with one attached hydrogen (secondary N) is 3. The second kappa shape index (κ2) is 7.58. The molecule has 0 spiro atoms. The molecule has 0 aliphatic carbocycles. The highest BCUT2D eigenvalue weighted by Crippen LogP contribution is 2.38. The molecule has 0 amide bonds. The van der Waals surface area contributed by atoms with Crippen molar-refractivity contribution in [1.82, 2.24) is 4.98 Å². The Morgan fingerprint density at radius 2 is 1.32 bits per heavy atom. The third kappa shape index (κ3) is 3.35. The van der Waals surface area contributed by atoms with Gasteiger partial charge in [-0.25, -0.2) is 0 Å². The van der Waals surface area contributed by atoms with Gasteiger partial charge in [0, 0.05) is 27.6 Å². The van der Waals surface area contributed by atoms with E-state index in [2.05, 4.69) is 17.1 Å². The van der Waals surface area contributed by atoms with Crippen LogP contribution in [0.15, 0.2) is 72.8 Å². The van der Waals surface area contributed by atoms with Gasteiger partial charge in [-0.3, -0.25) is 10.8 Å². The summed E-state index contributed by atoms with van der Waals surface area (Å²) in [6.07, 6.45) is 0. The summed E-state index contributed by atoms with van der Waals surface area (Å²) in [6.45, 7) is 0. The molecule has 140 valence electrons. The molecule has 0 bridgehead atoms. The highest BCUT2D eigenvalue weighted by molar-refractivity contribution is 6.07. The van der Waals surface area contributed by atoms with E-state index in [1.807, 2.05) is 60.7 Å². The van der Waals surface area contributed by atoms with Gasteiger partial charge >= 0.3 is 0 Å². The predicted molar refractivity (Wildman–Crippen MR) is 118 cm³/mol. The second-order valence-electron chi connectivity index (χ2n) is 6.41. The van der Waals surface area contributed by atoms with Crippen LogP contribution in [0.4, 0.5) is 0 Å². The number of nitrogen functional groups attached to an aromatic ring is 2. The minimum absolute atomic E-state index is 0. The van der Waals surface area contributed by atoms with Crippen molar-refractivity contribution < 1.29 is 0 Å². The fraction of sp³-hybridized carbons (Fsp3) is 0. The Morgan fingerprint density at radius 3 is 1.93 bits per heavy atom. The predicted octanol–water partition coefficient (Wildman–Crippen LogP) is 4.49. The minimum atomic E-state index is 0. The number of benzene rings is 3. The SMILES string of the molecule is Cl.N=C(N)c1ccc(-c2[nH]c3cc(C(=N)N)ccc3c2-c2ccccc2)cc1. The van der Waals surface area contributed by atoms with Gasteiger partial charge in [0.1, 0.15) is 11.7 Å². The van der Waals surface area contributed by atoms with Crippen LogP contribution < -0.4 is 11.5 Å². The lowest BCUT2D eigenvalue weighted by Crippen LogP contribution is -2.10. The van der Waals surface area contributed by atoms with Crippen LogP contribution in [0, 0.1) is 10.8 Å². The van der Waals surface area contributed by atoms with Gasteiger partial charge in [0.15, 0.2) is 0 Å². The number of H-pyrrole nitrogens is 1. The number of aromatic amines is 1. The van der Waals surface area contributed by atoms with Crippen LogP contribution in [0.25, 0.3) is 33.3 Å². The maximum absolute atomic E-state index is 7.69. The fourth-order valence-electron chi connectivity index (χ4n) is 3.30. The van der Waals surface area contributed by atoms with Gasteiger partial charge in [0.2, 0.25) is 0 Å². The number of aromatic nitrogens is 1. The number of hydrogen-bond acceptors (Lipinski definition) is 2. The lowest BCUT2D eigenvalue weighted by atomic mass is 9.97. The average Bonchev–Trinajstić information content (AvgIpc) is 3.07. The van der Waals surface area contributed by atoms with Crippen molar-refractivity contribution in [2.75, 3.05) is 0 Å². The first-order valence-electron chi connectivity index (χ1n) is 8.55. The van der Waals surface area contributed by atoms with Gasteiger partial charge < -0.3 is 16.5 Å². The maximum Gasteiger partial charge on any atom is 0.122 e. The van der Waals surface area contributed by atoms with Crippen LogP contribution in [0.5, 0.6) is 0 Å². The Kier molecular flexibility index (Phi) is 5.20. The number of halogens is 1. The summed E-state index contributed by atoms with van der Waals surface area (Å²) in [7, 11) is 0. The zero-order chi connectivity index (χ0) is 19.0.